The van der Waals surface area contributed by atoms with Crippen molar-refractivity contribution >= 4 is 0 Å². The van der Waals surface area contributed by atoms with Crippen LogP contribution in [0.25, 0.3) is 0 Å². The van der Waals surface area contributed by atoms with Crippen LogP contribution in [0.4, 0.5) is 0 Å². The van der Waals surface area contributed by atoms with Crippen LogP contribution in [0.5, 0.6) is 0 Å². The van der Waals surface area contributed by atoms with Gasteiger partial charge in [0.15, 0.2) is 0 Å². The molecule has 8 rings (SSSR count). The maximum atomic E-state index is 7.25. The minimum Gasteiger partial charge on any atom is -0.374 e. The van der Waals surface area contributed by atoms with Crippen LogP contribution >= 0.6 is 0 Å². The topological polar surface area (TPSA) is 33.3 Å². The van der Waals surface area contributed by atoms with Gasteiger partial charge in [-0.15, -0.1) is 0 Å². The lowest BCUT2D eigenvalue weighted by Crippen LogP contribution is -2.69. The summed E-state index contributed by atoms with van der Waals surface area (Å²) in [6.45, 7) is 0. The van der Waals surface area contributed by atoms with Gasteiger partial charge in [-0.2, -0.15) is 0 Å². The maximum Gasteiger partial charge on any atom is 0.0617 e. The van der Waals surface area contributed by atoms with Crippen LogP contribution < -0.4 is 10.6 Å². The van der Waals surface area contributed by atoms with E-state index >= 15 is 0 Å². The molecule has 220 valence electrons. The Hall–Kier alpha value is -0.120. The van der Waals surface area contributed by atoms with Gasteiger partial charge >= 0.3 is 0 Å². The molecule has 2 saturated heterocycles. The molecule has 0 spiro atoms. The first-order valence-corrected chi connectivity index (χ1v) is 18.5. The first-order valence-electron chi connectivity index (χ1n) is 18.5. The van der Waals surface area contributed by atoms with E-state index in [2.05, 4.69) is 10.6 Å². The zero-order chi connectivity index (χ0) is 25.8. The summed E-state index contributed by atoms with van der Waals surface area (Å²) in [5.74, 6) is 8.30. The molecular formula is C36H60N2O. The number of ether oxygens (including phenoxy) is 1. The average Bonchev–Trinajstić information content (AvgIpc) is 3.39. The molecule has 0 bridgehead atoms. The molecule has 0 radical (unpaired) electrons. The van der Waals surface area contributed by atoms with Gasteiger partial charge in [0.05, 0.1) is 18.4 Å². The Kier molecular flexibility index (Phi) is 7.83. The zero-order valence-corrected chi connectivity index (χ0v) is 25.0. The molecule has 0 amide bonds. The van der Waals surface area contributed by atoms with E-state index in [1.54, 1.807) is 0 Å². The molecule has 12 unspecified atom stereocenters. The predicted octanol–water partition coefficient (Wildman–Crippen LogP) is 8.22. The van der Waals surface area contributed by atoms with E-state index in [9.17, 15) is 0 Å². The second kappa shape index (κ2) is 11.5. The fourth-order valence-corrected chi connectivity index (χ4v) is 12.9. The predicted molar refractivity (Wildman–Crippen MR) is 159 cm³/mol. The minimum atomic E-state index is 0.545. The quantitative estimate of drug-likeness (QED) is 0.381. The normalized spacial score (nSPS) is 51.4. The van der Waals surface area contributed by atoms with Crippen LogP contribution in [0.1, 0.15) is 141 Å². The van der Waals surface area contributed by atoms with Crippen molar-refractivity contribution < 1.29 is 4.74 Å². The molecule has 12 atom stereocenters. The molecule has 6 aliphatic carbocycles. The number of hydrogen-bond donors (Lipinski definition) is 2. The van der Waals surface area contributed by atoms with Crippen molar-refractivity contribution in [2.24, 2.45) is 53.3 Å². The molecule has 2 N–H and O–H groups in total. The van der Waals surface area contributed by atoms with Crippen LogP contribution in [0.3, 0.4) is 0 Å². The molecule has 6 saturated carbocycles. The van der Waals surface area contributed by atoms with Crippen molar-refractivity contribution in [3.8, 4) is 0 Å². The summed E-state index contributed by atoms with van der Waals surface area (Å²) in [6.07, 6.45) is 34.2. The zero-order valence-electron chi connectivity index (χ0n) is 25.0. The van der Waals surface area contributed by atoms with Gasteiger partial charge in [-0.3, -0.25) is 10.6 Å². The molecule has 2 heterocycles. The SMILES string of the molecule is C1CCC(C2CCC3C(C2)OC2CC(C4NC5CCCCC5C(C5CCCCC5)N4)C4CCCCC4C23)CC1. The van der Waals surface area contributed by atoms with E-state index in [0.717, 1.165) is 65.3 Å². The Morgan fingerprint density at radius 3 is 1.87 bits per heavy atom. The molecular weight excluding hydrogens is 476 g/mol. The Labute approximate surface area is 240 Å². The third-order valence-electron chi connectivity index (χ3n) is 14.5. The third kappa shape index (κ3) is 4.99. The molecule has 39 heavy (non-hydrogen) atoms. The van der Waals surface area contributed by atoms with Crippen molar-refractivity contribution in [3.05, 3.63) is 0 Å². The van der Waals surface area contributed by atoms with E-state index in [4.69, 9.17) is 4.74 Å². The summed E-state index contributed by atoms with van der Waals surface area (Å²) in [7, 11) is 0. The fraction of sp³-hybridized carbons (Fsp3) is 1.00. The lowest BCUT2D eigenvalue weighted by Gasteiger charge is -2.56. The highest BCUT2D eigenvalue weighted by Gasteiger charge is 2.58. The van der Waals surface area contributed by atoms with E-state index in [1.807, 2.05) is 0 Å². The van der Waals surface area contributed by atoms with Crippen molar-refractivity contribution in [2.75, 3.05) is 0 Å². The molecule has 3 nitrogen and oxygen atoms in total. The van der Waals surface area contributed by atoms with Gasteiger partial charge in [0, 0.05) is 12.1 Å². The van der Waals surface area contributed by atoms with Crippen molar-refractivity contribution in [1.29, 1.82) is 0 Å². The van der Waals surface area contributed by atoms with Gasteiger partial charge in [0.2, 0.25) is 0 Å². The van der Waals surface area contributed by atoms with Crippen molar-refractivity contribution in [1.82, 2.24) is 10.6 Å². The first-order chi connectivity index (χ1) is 19.3. The molecule has 0 aromatic carbocycles. The van der Waals surface area contributed by atoms with Crippen LogP contribution in [-0.2, 0) is 4.74 Å². The van der Waals surface area contributed by atoms with Crippen LogP contribution in [-0.4, -0.2) is 30.5 Å². The minimum absolute atomic E-state index is 0.545. The summed E-state index contributed by atoms with van der Waals surface area (Å²) in [4.78, 5) is 0. The summed E-state index contributed by atoms with van der Waals surface area (Å²) in [5.41, 5.74) is 0. The Morgan fingerprint density at radius 2 is 1.08 bits per heavy atom. The van der Waals surface area contributed by atoms with Gasteiger partial charge < -0.3 is 4.74 Å². The third-order valence-corrected chi connectivity index (χ3v) is 14.5. The first kappa shape index (κ1) is 26.5. The smallest absolute Gasteiger partial charge is 0.0617 e. The maximum absolute atomic E-state index is 7.25. The summed E-state index contributed by atoms with van der Waals surface area (Å²) in [6, 6.07) is 1.56. The standard InChI is InChI=1S/C36H60N2O/c1-3-11-23(12-4-1)25-19-20-29-32(21-25)39-33-22-30(26-15-7-8-16-27(26)34(29)33)36-37-31-18-10-9-17-28(31)35(38-36)24-13-5-2-6-14-24/h23-38H,1-22H2. The van der Waals surface area contributed by atoms with Gasteiger partial charge in [-0.1, -0.05) is 77.0 Å². The van der Waals surface area contributed by atoms with Crippen LogP contribution in [0.15, 0.2) is 0 Å². The van der Waals surface area contributed by atoms with Crippen LogP contribution in [0.2, 0.25) is 0 Å². The van der Waals surface area contributed by atoms with Crippen molar-refractivity contribution in [2.45, 2.75) is 172 Å². The molecule has 8 fully saturated rings. The second-order valence-corrected chi connectivity index (χ2v) is 16.2. The van der Waals surface area contributed by atoms with Gasteiger partial charge in [0.25, 0.3) is 0 Å². The summed E-state index contributed by atoms with van der Waals surface area (Å²) >= 11 is 0. The second-order valence-electron chi connectivity index (χ2n) is 16.2. The number of fused-ring (bicyclic) bond motifs is 6. The largest absolute Gasteiger partial charge is 0.374 e. The molecule has 0 aromatic rings. The number of nitrogens with one attached hydrogen (secondary N) is 2. The fourth-order valence-electron chi connectivity index (χ4n) is 12.9. The number of hydrogen-bond acceptors (Lipinski definition) is 3. The summed E-state index contributed by atoms with van der Waals surface area (Å²) in [5, 5.41) is 8.80. The lowest BCUT2D eigenvalue weighted by atomic mass is 9.55. The number of rotatable bonds is 3. The molecule has 3 heteroatoms. The highest BCUT2D eigenvalue weighted by Crippen LogP contribution is 2.58. The Bertz CT molecular complexity index is 819. The van der Waals surface area contributed by atoms with E-state index in [1.165, 1.54) is 141 Å². The van der Waals surface area contributed by atoms with Gasteiger partial charge in [-0.05, 0) is 117 Å². The summed E-state index contributed by atoms with van der Waals surface area (Å²) < 4.78 is 7.25. The van der Waals surface area contributed by atoms with E-state index < -0.39 is 0 Å². The van der Waals surface area contributed by atoms with E-state index in [-0.39, 0.29) is 0 Å². The van der Waals surface area contributed by atoms with E-state index in [0.29, 0.717) is 18.4 Å². The highest BCUT2D eigenvalue weighted by atomic mass is 16.5. The molecule has 8 aliphatic rings. The Balaban J connectivity index is 1.02. The molecule has 2 aliphatic heterocycles. The van der Waals surface area contributed by atoms with Crippen LogP contribution in [0, 0.1) is 53.3 Å². The van der Waals surface area contributed by atoms with Gasteiger partial charge in [-0.25, -0.2) is 0 Å². The Morgan fingerprint density at radius 1 is 0.410 bits per heavy atom. The monoisotopic (exact) mass is 536 g/mol. The highest BCUT2D eigenvalue weighted by molar-refractivity contribution is 5.08. The van der Waals surface area contributed by atoms with Crippen molar-refractivity contribution in [3.63, 3.8) is 0 Å². The molecule has 0 aromatic heterocycles. The average molecular weight is 537 g/mol. The lowest BCUT2D eigenvalue weighted by molar-refractivity contribution is -0.0740. The van der Waals surface area contributed by atoms with Gasteiger partial charge in [0.1, 0.15) is 0 Å².